The first kappa shape index (κ1) is 22.2. The molecule has 3 aromatic rings. The molecule has 0 saturated carbocycles. The van der Waals surface area contributed by atoms with Crippen molar-refractivity contribution < 1.29 is 14.3 Å². The third-order valence-corrected chi connectivity index (χ3v) is 6.04. The highest BCUT2D eigenvalue weighted by molar-refractivity contribution is 5.81. The molecular formula is C24H30FN5O2. The van der Waals surface area contributed by atoms with Gasteiger partial charge >= 0.3 is 0 Å². The lowest BCUT2D eigenvalue weighted by Gasteiger charge is -2.41. The number of para-hydroxylation sites is 2. The molecule has 0 bridgehead atoms. The van der Waals surface area contributed by atoms with Crippen molar-refractivity contribution in [1.82, 2.24) is 19.4 Å². The highest BCUT2D eigenvalue weighted by Gasteiger charge is 2.36. The summed E-state index contributed by atoms with van der Waals surface area (Å²) < 4.78 is 15.2. The monoisotopic (exact) mass is 439 g/mol. The van der Waals surface area contributed by atoms with Crippen LogP contribution in [0.5, 0.6) is 0 Å². The second-order valence-corrected chi connectivity index (χ2v) is 9.03. The number of aromatic nitrogens is 3. The van der Waals surface area contributed by atoms with Crippen LogP contribution >= 0.6 is 0 Å². The normalized spacial score (nSPS) is 19.0. The van der Waals surface area contributed by atoms with Crippen LogP contribution in [0.3, 0.4) is 0 Å². The van der Waals surface area contributed by atoms with Gasteiger partial charge in [-0.1, -0.05) is 26.0 Å². The van der Waals surface area contributed by atoms with Crippen molar-refractivity contribution in [3.05, 3.63) is 54.2 Å². The lowest BCUT2D eigenvalue weighted by Crippen LogP contribution is -2.55. The number of likely N-dealkylation sites (N-methyl/N-ethyl adjacent to an activating group) is 1. The maximum atomic E-state index is 13.2. The van der Waals surface area contributed by atoms with Gasteiger partial charge in [0.1, 0.15) is 24.0 Å². The molecule has 0 radical (unpaired) electrons. The van der Waals surface area contributed by atoms with E-state index in [4.69, 9.17) is 4.98 Å². The number of carbonyl (C=O) groups excluding carboxylic acids is 1. The molecule has 1 aliphatic heterocycles. The maximum absolute atomic E-state index is 13.2. The van der Waals surface area contributed by atoms with E-state index in [1.807, 2.05) is 33.7 Å². The van der Waals surface area contributed by atoms with E-state index in [1.54, 1.807) is 18.0 Å². The lowest BCUT2D eigenvalue weighted by atomic mass is 9.92. The third kappa shape index (κ3) is 4.60. The largest absolute Gasteiger partial charge is 0.386 e. The molecule has 4 rings (SSSR count). The van der Waals surface area contributed by atoms with Gasteiger partial charge < -0.3 is 19.5 Å². The van der Waals surface area contributed by atoms with Crippen molar-refractivity contribution in [3.63, 3.8) is 0 Å². The number of carbonyl (C=O) groups is 1. The molecule has 32 heavy (non-hydrogen) atoms. The summed E-state index contributed by atoms with van der Waals surface area (Å²) in [6, 6.07) is 10.8. The van der Waals surface area contributed by atoms with Gasteiger partial charge in [0, 0.05) is 26.1 Å². The zero-order valence-corrected chi connectivity index (χ0v) is 18.8. The van der Waals surface area contributed by atoms with Crippen LogP contribution in [0, 0.1) is 5.82 Å². The Morgan fingerprint density at radius 3 is 2.78 bits per heavy atom. The highest BCUT2D eigenvalue weighted by atomic mass is 19.1. The summed E-state index contributed by atoms with van der Waals surface area (Å²) in [4.78, 5) is 25.5. The number of benzene rings is 1. The van der Waals surface area contributed by atoms with Crippen molar-refractivity contribution in [2.45, 2.75) is 44.8 Å². The number of fused-ring (bicyclic) bond motifs is 1. The molecule has 1 aliphatic rings. The molecule has 3 heterocycles. The lowest BCUT2D eigenvalue weighted by molar-refractivity contribution is -0.134. The van der Waals surface area contributed by atoms with E-state index >= 15 is 0 Å². The minimum Gasteiger partial charge on any atom is -0.386 e. The second-order valence-electron chi connectivity index (χ2n) is 9.03. The molecule has 1 amide bonds. The van der Waals surface area contributed by atoms with Gasteiger partial charge in [-0.2, -0.15) is 0 Å². The molecule has 0 aliphatic carbocycles. The van der Waals surface area contributed by atoms with Gasteiger partial charge in [-0.15, -0.1) is 0 Å². The number of halogens is 1. The minimum absolute atomic E-state index is 0.0829. The van der Waals surface area contributed by atoms with Crippen molar-refractivity contribution in [1.29, 1.82) is 0 Å². The van der Waals surface area contributed by atoms with E-state index in [1.165, 1.54) is 12.3 Å². The molecule has 1 saturated heterocycles. The van der Waals surface area contributed by atoms with Gasteiger partial charge in [-0.3, -0.25) is 4.79 Å². The Kier molecular flexibility index (Phi) is 6.15. The molecule has 2 aromatic heterocycles. The average molecular weight is 440 g/mol. The van der Waals surface area contributed by atoms with Gasteiger partial charge in [0.15, 0.2) is 0 Å². The number of anilines is 1. The molecule has 0 spiro atoms. The molecule has 7 nitrogen and oxygen atoms in total. The van der Waals surface area contributed by atoms with Gasteiger partial charge in [0.2, 0.25) is 5.91 Å². The Labute approximate surface area is 187 Å². The Bertz CT molecular complexity index is 1100. The van der Waals surface area contributed by atoms with E-state index < -0.39 is 5.60 Å². The number of rotatable bonds is 6. The Morgan fingerprint density at radius 1 is 1.28 bits per heavy atom. The highest BCUT2D eigenvalue weighted by Crippen LogP contribution is 2.26. The van der Waals surface area contributed by atoms with Crippen LogP contribution in [0.25, 0.3) is 11.0 Å². The van der Waals surface area contributed by atoms with E-state index in [0.29, 0.717) is 18.8 Å². The predicted molar refractivity (Wildman–Crippen MR) is 122 cm³/mol. The number of piperidine rings is 1. The van der Waals surface area contributed by atoms with Gasteiger partial charge in [-0.05, 0) is 37.1 Å². The molecule has 1 atom stereocenters. The van der Waals surface area contributed by atoms with Crippen molar-refractivity contribution in [2.24, 2.45) is 0 Å². The summed E-state index contributed by atoms with van der Waals surface area (Å²) in [5.74, 6) is 1.21. The molecule has 1 aromatic carbocycles. The smallest absolute Gasteiger partial charge is 0.242 e. The Morgan fingerprint density at radius 2 is 2.06 bits per heavy atom. The maximum Gasteiger partial charge on any atom is 0.242 e. The van der Waals surface area contributed by atoms with Crippen molar-refractivity contribution in [2.75, 3.05) is 31.6 Å². The van der Waals surface area contributed by atoms with Crippen molar-refractivity contribution in [3.8, 4) is 0 Å². The number of hydrogen-bond acceptors (Lipinski definition) is 5. The SMILES string of the molecule is CC(C)c1nc2ccccc2n1CC(=O)N(C)C[C@@]1(O)CCCN(c2ccc(F)cn2)C1. The summed E-state index contributed by atoms with van der Waals surface area (Å²) in [5, 5.41) is 11.3. The van der Waals surface area contributed by atoms with Crippen LogP contribution in [-0.4, -0.2) is 62.7 Å². The van der Waals surface area contributed by atoms with E-state index in [-0.39, 0.29) is 30.7 Å². The minimum atomic E-state index is -1.06. The Hall–Kier alpha value is -3.00. The fourth-order valence-electron chi connectivity index (χ4n) is 4.48. The quantitative estimate of drug-likeness (QED) is 0.639. The topological polar surface area (TPSA) is 74.5 Å². The van der Waals surface area contributed by atoms with Gasteiger partial charge in [-0.25, -0.2) is 14.4 Å². The molecule has 8 heteroatoms. The number of β-amino-alcohol motifs (C(OH)–C–C–N with tert-alkyl or cyclic N) is 1. The zero-order valence-electron chi connectivity index (χ0n) is 18.8. The summed E-state index contributed by atoms with van der Waals surface area (Å²) in [7, 11) is 1.73. The number of hydrogen-bond donors (Lipinski definition) is 1. The first-order valence-electron chi connectivity index (χ1n) is 11.0. The van der Waals surface area contributed by atoms with Gasteiger partial charge in [0.25, 0.3) is 0 Å². The number of aliphatic hydroxyl groups is 1. The fraction of sp³-hybridized carbons (Fsp3) is 0.458. The third-order valence-electron chi connectivity index (χ3n) is 6.04. The van der Waals surface area contributed by atoms with Crippen LogP contribution in [0.4, 0.5) is 10.2 Å². The number of nitrogens with zero attached hydrogens (tertiary/aromatic N) is 5. The molecular weight excluding hydrogens is 409 g/mol. The van der Waals surface area contributed by atoms with Crippen LogP contribution in [0.2, 0.25) is 0 Å². The number of imidazole rings is 1. The van der Waals surface area contributed by atoms with Crippen LogP contribution in [-0.2, 0) is 11.3 Å². The molecule has 170 valence electrons. The predicted octanol–water partition coefficient (Wildman–Crippen LogP) is 3.18. The number of amides is 1. The van der Waals surface area contributed by atoms with E-state index in [9.17, 15) is 14.3 Å². The number of pyridine rings is 1. The van der Waals surface area contributed by atoms with Crippen molar-refractivity contribution >= 4 is 22.8 Å². The zero-order chi connectivity index (χ0) is 22.9. The summed E-state index contributed by atoms with van der Waals surface area (Å²) in [5.41, 5.74) is 0.749. The summed E-state index contributed by atoms with van der Waals surface area (Å²) >= 11 is 0. The average Bonchev–Trinajstić information content (AvgIpc) is 3.13. The molecule has 1 fully saturated rings. The second kappa shape index (κ2) is 8.86. The van der Waals surface area contributed by atoms with E-state index in [0.717, 1.165) is 29.8 Å². The summed E-state index contributed by atoms with van der Waals surface area (Å²) in [6.07, 6.45) is 2.54. The van der Waals surface area contributed by atoms with Crippen LogP contribution in [0.15, 0.2) is 42.6 Å². The summed E-state index contributed by atoms with van der Waals surface area (Å²) in [6.45, 7) is 5.59. The van der Waals surface area contributed by atoms with Crippen LogP contribution < -0.4 is 4.90 Å². The molecule has 0 unspecified atom stereocenters. The fourth-order valence-corrected chi connectivity index (χ4v) is 4.48. The first-order chi connectivity index (χ1) is 15.3. The van der Waals surface area contributed by atoms with Gasteiger partial charge in [0.05, 0.1) is 29.4 Å². The first-order valence-corrected chi connectivity index (χ1v) is 11.0. The van der Waals surface area contributed by atoms with Crippen LogP contribution in [0.1, 0.15) is 38.4 Å². The molecule has 1 N–H and O–H groups in total. The Balaban J connectivity index is 1.47. The standard InChI is InChI=1S/C24H30FN5O2/c1-17(2)23-27-19-7-4-5-8-20(19)30(23)14-22(31)28(3)15-24(32)11-6-12-29(16-24)21-10-9-18(25)13-26-21/h4-5,7-10,13,17,32H,6,11-12,14-16H2,1-3H3/t24-/m0/s1. The van der Waals surface area contributed by atoms with E-state index in [2.05, 4.69) is 18.8 Å².